The topological polar surface area (TPSA) is 46.9 Å². The van der Waals surface area contributed by atoms with Gasteiger partial charge in [-0.15, -0.1) is 0 Å². The zero-order valence-corrected chi connectivity index (χ0v) is 14.4. The van der Waals surface area contributed by atoms with E-state index < -0.39 is 0 Å². The van der Waals surface area contributed by atoms with Crippen molar-refractivity contribution in [3.63, 3.8) is 0 Å². The Morgan fingerprint density at radius 1 is 1.25 bits per heavy atom. The quantitative estimate of drug-likeness (QED) is 0.877. The van der Waals surface area contributed by atoms with E-state index in [4.69, 9.17) is 11.6 Å². The molecule has 2 aromatic rings. The molecule has 0 aliphatic heterocycles. The van der Waals surface area contributed by atoms with Crippen LogP contribution in [-0.2, 0) is 11.3 Å². The van der Waals surface area contributed by atoms with Crippen molar-refractivity contribution in [3.8, 4) is 0 Å². The Morgan fingerprint density at radius 3 is 2.79 bits per heavy atom. The summed E-state index contributed by atoms with van der Waals surface area (Å²) in [6, 6.07) is 10.1. The average molecular weight is 344 g/mol. The number of halogens is 1. The van der Waals surface area contributed by atoms with Gasteiger partial charge in [0.2, 0.25) is 5.91 Å². The van der Waals surface area contributed by atoms with E-state index in [1.807, 2.05) is 30.3 Å². The minimum absolute atomic E-state index is 0.0411. The number of carbonyl (C=O) groups excluding carboxylic acids is 1. The molecule has 4 rings (SSSR count). The van der Waals surface area contributed by atoms with Crippen molar-refractivity contribution in [2.24, 2.45) is 17.8 Å². The van der Waals surface area contributed by atoms with E-state index in [-0.39, 0.29) is 5.91 Å². The summed E-state index contributed by atoms with van der Waals surface area (Å²) in [6.45, 7) is 0.642. The maximum atomic E-state index is 12.3. The number of rotatable bonds is 5. The van der Waals surface area contributed by atoms with Crippen LogP contribution in [0.15, 0.2) is 36.5 Å². The molecule has 4 nitrogen and oxygen atoms in total. The molecular weight excluding hydrogens is 322 g/mol. The number of nitrogens with zero attached hydrogens (tertiary/aromatic N) is 2. The number of benzene rings is 1. The van der Waals surface area contributed by atoms with Crippen LogP contribution in [0.4, 0.5) is 5.82 Å². The minimum atomic E-state index is 0.0411. The Bertz CT molecular complexity index is 727. The molecule has 2 aliphatic rings. The van der Waals surface area contributed by atoms with E-state index in [0.29, 0.717) is 29.7 Å². The number of anilines is 1. The van der Waals surface area contributed by atoms with Gasteiger partial charge in [-0.05, 0) is 42.6 Å². The molecule has 5 heteroatoms. The summed E-state index contributed by atoms with van der Waals surface area (Å²) < 4.78 is 1.77. The minimum Gasteiger partial charge on any atom is -0.308 e. The second-order valence-electron chi connectivity index (χ2n) is 7.20. The van der Waals surface area contributed by atoms with Gasteiger partial charge in [0.25, 0.3) is 0 Å². The number of amides is 1. The average Bonchev–Trinajstić information content (AvgIpc) is 3.25. The van der Waals surface area contributed by atoms with E-state index >= 15 is 0 Å². The first-order valence-electron chi connectivity index (χ1n) is 8.74. The number of aromatic nitrogens is 2. The maximum absolute atomic E-state index is 12.3. The lowest BCUT2D eigenvalue weighted by Gasteiger charge is -2.20. The van der Waals surface area contributed by atoms with E-state index in [9.17, 15) is 4.79 Å². The molecule has 1 aromatic heterocycles. The molecule has 3 unspecified atom stereocenters. The third kappa shape index (κ3) is 3.34. The van der Waals surface area contributed by atoms with Crippen LogP contribution in [0.5, 0.6) is 0 Å². The van der Waals surface area contributed by atoms with Crippen molar-refractivity contribution in [2.45, 2.75) is 38.6 Å². The smallest absolute Gasteiger partial charge is 0.225 e. The Hall–Kier alpha value is -1.81. The monoisotopic (exact) mass is 343 g/mol. The van der Waals surface area contributed by atoms with Gasteiger partial charge in [0.05, 0.1) is 6.54 Å². The van der Waals surface area contributed by atoms with E-state index in [1.165, 1.54) is 25.7 Å². The third-order valence-electron chi connectivity index (χ3n) is 5.49. The Kier molecular flexibility index (Phi) is 4.31. The molecule has 2 aliphatic carbocycles. The van der Waals surface area contributed by atoms with Crippen LogP contribution in [0.1, 0.15) is 37.7 Å². The molecular formula is C19H22ClN3O. The fourth-order valence-electron chi connectivity index (χ4n) is 4.38. The molecule has 1 heterocycles. The van der Waals surface area contributed by atoms with E-state index in [0.717, 1.165) is 17.4 Å². The molecule has 1 N–H and O–H groups in total. The fraction of sp³-hybridized carbons (Fsp3) is 0.474. The highest BCUT2D eigenvalue weighted by Gasteiger charge is 2.40. The van der Waals surface area contributed by atoms with Crippen molar-refractivity contribution in [2.75, 3.05) is 5.32 Å². The predicted octanol–water partition coefficient (Wildman–Crippen LogP) is 4.35. The number of nitrogens with one attached hydrogen (secondary N) is 1. The highest BCUT2D eigenvalue weighted by atomic mass is 35.5. The van der Waals surface area contributed by atoms with Gasteiger partial charge in [-0.2, -0.15) is 5.10 Å². The van der Waals surface area contributed by atoms with Crippen molar-refractivity contribution in [1.82, 2.24) is 9.78 Å². The second-order valence-corrected chi connectivity index (χ2v) is 7.60. The third-order valence-corrected chi connectivity index (χ3v) is 5.77. The largest absolute Gasteiger partial charge is 0.308 e. The van der Waals surface area contributed by atoms with Gasteiger partial charge in [-0.1, -0.05) is 48.4 Å². The molecule has 2 saturated carbocycles. The summed E-state index contributed by atoms with van der Waals surface area (Å²) in [7, 11) is 0. The van der Waals surface area contributed by atoms with Gasteiger partial charge in [0.15, 0.2) is 5.82 Å². The molecule has 1 amide bonds. The van der Waals surface area contributed by atoms with Crippen LogP contribution >= 0.6 is 11.6 Å². The van der Waals surface area contributed by atoms with E-state index in [2.05, 4.69) is 10.4 Å². The molecule has 126 valence electrons. The standard InChI is InChI=1S/C19H22ClN3O/c20-17-12-23(11-13-4-2-1-3-5-13)22-19(17)21-18(24)10-16-9-14-6-7-15(16)8-14/h1-5,12,14-16H,6-11H2,(H,21,22,24). The van der Waals surface area contributed by atoms with Crippen LogP contribution in [0.3, 0.4) is 0 Å². The zero-order valence-electron chi connectivity index (χ0n) is 13.6. The number of hydrogen-bond acceptors (Lipinski definition) is 2. The first-order valence-corrected chi connectivity index (χ1v) is 9.12. The van der Waals surface area contributed by atoms with Crippen LogP contribution in [0.25, 0.3) is 0 Å². The summed E-state index contributed by atoms with van der Waals surface area (Å²) in [5, 5.41) is 7.81. The van der Waals surface area contributed by atoms with Gasteiger partial charge >= 0.3 is 0 Å². The van der Waals surface area contributed by atoms with Gasteiger partial charge in [-0.3, -0.25) is 9.48 Å². The molecule has 2 bridgehead atoms. The van der Waals surface area contributed by atoms with Crippen LogP contribution in [-0.4, -0.2) is 15.7 Å². The van der Waals surface area contributed by atoms with Crippen molar-refractivity contribution in [1.29, 1.82) is 0 Å². The highest BCUT2D eigenvalue weighted by molar-refractivity contribution is 6.33. The van der Waals surface area contributed by atoms with Gasteiger partial charge in [0, 0.05) is 12.6 Å². The van der Waals surface area contributed by atoms with Crippen molar-refractivity contribution >= 4 is 23.3 Å². The molecule has 1 aromatic carbocycles. The lowest BCUT2D eigenvalue weighted by Crippen LogP contribution is -2.20. The maximum Gasteiger partial charge on any atom is 0.225 e. The number of carbonyl (C=O) groups is 1. The normalized spacial score (nSPS) is 25.1. The fourth-order valence-corrected chi connectivity index (χ4v) is 4.58. The molecule has 3 atom stereocenters. The molecule has 2 fully saturated rings. The molecule has 24 heavy (non-hydrogen) atoms. The molecule has 0 spiro atoms. The van der Waals surface area contributed by atoms with Crippen molar-refractivity contribution < 1.29 is 4.79 Å². The second kappa shape index (κ2) is 6.60. The Balaban J connectivity index is 1.37. The number of hydrogen-bond donors (Lipinski definition) is 1. The number of fused-ring (bicyclic) bond motifs is 2. The van der Waals surface area contributed by atoms with Gasteiger partial charge in [0.1, 0.15) is 5.02 Å². The summed E-state index contributed by atoms with van der Waals surface area (Å²) in [5.74, 6) is 2.68. The van der Waals surface area contributed by atoms with Crippen molar-refractivity contribution in [3.05, 3.63) is 47.1 Å². The van der Waals surface area contributed by atoms with Crippen LogP contribution in [0.2, 0.25) is 5.02 Å². The Labute approximate surface area is 147 Å². The molecule has 0 radical (unpaired) electrons. The first kappa shape index (κ1) is 15.7. The first-order chi connectivity index (χ1) is 11.7. The summed E-state index contributed by atoms with van der Waals surface area (Å²) in [6.07, 6.45) is 7.57. The summed E-state index contributed by atoms with van der Waals surface area (Å²) in [4.78, 5) is 12.3. The summed E-state index contributed by atoms with van der Waals surface area (Å²) >= 11 is 6.24. The summed E-state index contributed by atoms with van der Waals surface area (Å²) in [5.41, 5.74) is 1.15. The SMILES string of the molecule is O=C(CC1CC2CCC1C2)Nc1nn(Cc2ccccc2)cc1Cl. The van der Waals surface area contributed by atoms with Crippen LogP contribution in [0, 0.1) is 17.8 Å². The van der Waals surface area contributed by atoms with Gasteiger partial charge in [-0.25, -0.2) is 0 Å². The highest BCUT2D eigenvalue weighted by Crippen LogP contribution is 2.49. The molecule has 0 saturated heterocycles. The Morgan fingerprint density at radius 2 is 2.08 bits per heavy atom. The van der Waals surface area contributed by atoms with Crippen LogP contribution < -0.4 is 5.32 Å². The zero-order chi connectivity index (χ0) is 16.5. The van der Waals surface area contributed by atoms with E-state index in [1.54, 1.807) is 10.9 Å². The lowest BCUT2D eigenvalue weighted by atomic mass is 9.86. The van der Waals surface area contributed by atoms with Gasteiger partial charge < -0.3 is 5.32 Å². The predicted molar refractivity (Wildman–Crippen MR) is 95.0 cm³/mol. The lowest BCUT2D eigenvalue weighted by molar-refractivity contribution is -0.117.